The SMILES string of the molecule is CCCCCCOc1cccc(OCCCCCC)c1-c1c2nc(c(C#Cc3ccc(C(=O)O)cc3)c3ccc([nH]3)c(-c3c(OCCCCCC)cccc3OCCCCCC)c3nc(c(C#Cc4ccc(N)cc4)c4ccc1[nH]4)C=C3)C=C2. The van der Waals surface area contributed by atoms with Crippen LogP contribution in [-0.4, -0.2) is 57.4 Å². The fourth-order valence-corrected chi connectivity index (χ4v) is 10.4. The molecule has 0 atom stereocenters. The van der Waals surface area contributed by atoms with Crippen molar-refractivity contribution in [3.05, 3.63) is 160 Å². The van der Waals surface area contributed by atoms with Crippen LogP contribution in [0.15, 0.2) is 109 Å². The van der Waals surface area contributed by atoms with Gasteiger partial charge in [-0.1, -0.05) is 141 Å². The zero-order chi connectivity index (χ0) is 58.5. The van der Waals surface area contributed by atoms with E-state index < -0.39 is 5.97 Å². The summed E-state index contributed by atoms with van der Waals surface area (Å²) in [6.07, 6.45) is 25.0. The van der Waals surface area contributed by atoms with E-state index in [9.17, 15) is 9.90 Å². The minimum absolute atomic E-state index is 0.180. The molecule has 9 rings (SSSR count). The van der Waals surface area contributed by atoms with Gasteiger partial charge in [0.15, 0.2) is 0 Å². The number of benzene rings is 4. The molecule has 5 heterocycles. The molecule has 0 saturated carbocycles. The van der Waals surface area contributed by atoms with Gasteiger partial charge in [-0.2, -0.15) is 0 Å². The van der Waals surface area contributed by atoms with E-state index in [1.165, 1.54) is 0 Å². The van der Waals surface area contributed by atoms with Crippen LogP contribution in [0.3, 0.4) is 0 Å². The van der Waals surface area contributed by atoms with Crippen LogP contribution in [0.5, 0.6) is 23.0 Å². The first-order chi connectivity index (χ1) is 41.3. The largest absolute Gasteiger partial charge is 0.493 e. The van der Waals surface area contributed by atoms with Crippen molar-refractivity contribution in [1.29, 1.82) is 0 Å². The van der Waals surface area contributed by atoms with E-state index in [1.54, 1.807) is 24.3 Å². The first-order valence-electron chi connectivity index (χ1n) is 30.4. The van der Waals surface area contributed by atoms with Gasteiger partial charge in [0, 0.05) is 39.0 Å². The summed E-state index contributed by atoms with van der Waals surface area (Å²) < 4.78 is 27.2. The van der Waals surface area contributed by atoms with Gasteiger partial charge in [-0.3, -0.25) is 0 Å². The third kappa shape index (κ3) is 15.4. The van der Waals surface area contributed by atoms with Crippen molar-refractivity contribution in [3.63, 3.8) is 0 Å². The number of nitrogens with one attached hydrogen (secondary N) is 2. The summed E-state index contributed by atoms with van der Waals surface area (Å²) in [7, 11) is 0. The number of hydrogen-bond acceptors (Lipinski definition) is 8. The molecule has 2 aliphatic rings. The number of anilines is 1. The molecular formula is C73H79N5O6. The highest BCUT2D eigenvalue weighted by Crippen LogP contribution is 2.45. The molecule has 0 fully saturated rings. The third-order valence-electron chi connectivity index (χ3n) is 15.0. The number of carboxylic acids is 1. The van der Waals surface area contributed by atoms with Crippen LogP contribution in [0.4, 0.5) is 5.69 Å². The minimum Gasteiger partial charge on any atom is -0.493 e. The van der Waals surface area contributed by atoms with Gasteiger partial charge in [0.2, 0.25) is 0 Å². The van der Waals surface area contributed by atoms with Crippen LogP contribution in [-0.2, 0) is 0 Å². The summed E-state index contributed by atoms with van der Waals surface area (Å²) >= 11 is 0. The Bertz CT molecular complexity index is 3610. The van der Waals surface area contributed by atoms with Crippen molar-refractivity contribution >= 4 is 58.0 Å². The molecule has 8 bridgehead atoms. The summed E-state index contributed by atoms with van der Waals surface area (Å²) in [4.78, 5) is 30.7. The van der Waals surface area contributed by atoms with E-state index in [4.69, 9.17) is 34.6 Å². The van der Waals surface area contributed by atoms with Gasteiger partial charge in [-0.05, 0) is 147 Å². The predicted molar refractivity (Wildman–Crippen MR) is 344 cm³/mol. The number of carbonyl (C=O) groups is 1. The Hall–Kier alpha value is -8.93. The minimum atomic E-state index is -1.00. The highest BCUT2D eigenvalue weighted by atomic mass is 16.5. The first-order valence-corrected chi connectivity index (χ1v) is 30.4. The maximum atomic E-state index is 11.9. The van der Waals surface area contributed by atoms with Gasteiger partial charge < -0.3 is 39.8 Å². The Balaban J connectivity index is 1.38. The monoisotopic (exact) mass is 1120 g/mol. The molecule has 432 valence electrons. The Kier molecular flexibility index (Phi) is 21.6. The molecule has 3 aromatic heterocycles. The van der Waals surface area contributed by atoms with Gasteiger partial charge in [-0.25, -0.2) is 14.8 Å². The maximum Gasteiger partial charge on any atom is 0.335 e. The average molecular weight is 1120 g/mol. The highest BCUT2D eigenvalue weighted by Gasteiger charge is 2.24. The molecule has 11 heteroatoms. The number of nitrogens with two attached hydrogens (primary N) is 1. The number of aromatic amines is 2. The fraction of sp³-hybridized carbons (Fsp3) is 0.329. The standard InChI is InChI=1S/C73H79N5O6/c1-5-9-13-17-47-81-65-23-21-24-66(82-48-18-14-10-6-2)71(65)69-61-43-39-57(75-61)55(37-31-51-27-33-53(34-28-51)73(79)80)58-40-44-62(76-58)70(72-67(83-49-19-15-11-7-3)25-22-26-68(72)84-50-20-16-12-8-4)64-46-42-60(78-64)56(59-41-45-63(69)77-59)38-32-52-29-35-54(74)36-30-52/h21-30,33-36,39-46,75,78H,5-20,47-50,74H2,1-4H3,(H,79,80). The molecule has 4 aromatic carbocycles. The second kappa shape index (κ2) is 30.4. The summed E-state index contributed by atoms with van der Waals surface area (Å²) in [5.74, 6) is 15.7. The number of H-pyrrole nitrogens is 2. The number of aromatic carboxylic acids is 1. The van der Waals surface area contributed by atoms with E-state index in [0.29, 0.717) is 100 Å². The highest BCUT2D eigenvalue weighted by molar-refractivity contribution is 5.99. The van der Waals surface area contributed by atoms with E-state index in [1.807, 2.05) is 91.0 Å². The Morgan fingerprint density at radius 3 is 1.12 bits per heavy atom. The zero-order valence-corrected chi connectivity index (χ0v) is 49.3. The van der Waals surface area contributed by atoms with Crippen molar-refractivity contribution in [2.24, 2.45) is 0 Å². The number of hydrogen-bond donors (Lipinski definition) is 4. The summed E-state index contributed by atoms with van der Waals surface area (Å²) in [6, 6.07) is 34.5. The molecular weight excluding hydrogens is 1040 g/mol. The fourth-order valence-electron chi connectivity index (χ4n) is 10.4. The number of rotatable bonds is 27. The van der Waals surface area contributed by atoms with Crippen LogP contribution in [0.2, 0.25) is 0 Å². The van der Waals surface area contributed by atoms with Crippen LogP contribution in [0.1, 0.15) is 186 Å². The Morgan fingerprint density at radius 1 is 0.417 bits per heavy atom. The van der Waals surface area contributed by atoms with Crippen molar-refractivity contribution < 1.29 is 28.8 Å². The lowest BCUT2D eigenvalue weighted by Gasteiger charge is -2.18. The Morgan fingerprint density at radius 2 is 0.762 bits per heavy atom. The maximum absolute atomic E-state index is 11.9. The van der Waals surface area contributed by atoms with Crippen molar-refractivity contribution in [2.75, 3.05) is 32.2 Å². The molecule has 0 spiro atoms. The molecule has 0 radical (unpaired) electrons. The molecule has 2 aliphatic heterocycles. The average Bonchev–Trinajstić information content (AvgIpc) is 3.77. The van der Waals surface area contributed by atoms with Crippen LogP contribution in [0, 0.1) is 23.7 Å². The lowest BCUT2D eigenvalue weighted by Crippen LogP contribution is -2.04. The molecule has 0 aliphatic carbocycles. The summed E-state index contributed by atoms with van der Waals surface area (Å²) in [5.41, 5.74) is 18.5. The molecule has 0 amide bonds. The van der Waals surface area contributed by atoms with E-state index in [2.05, 4.69) is 79.5 Å². The summed E-state index contributed by atoms with van der Waals surface area (Å²) in [5, 5.41) is 9.75. The number of ether oxygens (including phenoxy) is 4. The van der Waals surface area contributed by atoms with Gasteiger partial charge in [0.25, 0.3) is 0 Å². The topological polar surface area (TPSA) is 158 Å². The van der Waals surface area contributed by atoms with Gasteiger partial charge in [-0.15, -0.1) is 0 Å². The smallest absolute Gasteiger partial charge is 0.335 e. The van der Waals surface area contributed by atoms with Gasteiger partial charge >= 0.3 is 5.97 Å². The second-order valence-corrected chi connectivity index (χ2v) is 21.4. The van der Waals surface area contributed by atoms with Crippen molar-refractivity contribution in [3.8, 4) is 68.9 Å². The first kappa shape index (κ1) is 59.7. The number of nitrogen functional groups attached to an aromatic ring is 1. The lowest BCUT2D eigenvalue weighted by molar-refractivity contribution is 0.0696. The summed E-state index contributed by atoms with van der Waals surface area (Å²) in [6.45, 7) is 11.0. The second-order valence-electron chi connectivity index (χ2n) is 21.4. The molecule has 0 saturated heterocycles. The molecule has 7 aromatic rings. The number of aromatic nitrogens is 4. The quantitative estimate of drug-likeness (QED) is 0.0223. The van der Waals surface area contributed by atoms with E-state index in [0.717, 1.165) is 147 Å². The molecule has 0 unspecified atom stereocenters. The van der Waals surface area contributed by atoms with Crippen LogP contribution in [0.25, 0.3) is 68.6 Å². The van der Waals surface area contributed by atoms with Gasteiger partial charge in [0.05, 0.1) is 88.1 Å². The zero-order valence-electron chi connectivity index (χ0n) is 49.3. The van der Waals surface area contributed by atoms with Crippen molar-refractivity contribution in [2.45, 2.75) is 130 Å². The third-order valence-corrected chi connectivity index (χ3v) is 15.0. The van der Waals surface area contributed by atoms with E-state index in [-0.39, 0.29) is 5.56 Å². The Labute approximate surface area is 495 Å². The lowest BCUT2D eigenvalue weighted by atomic mass is 10.0. The number of nitrogens with zero attached hydrogens (tertiary/aromatic N) is 2. The number of fused-ring (bicyclic) bond motifs is 8. The molecule has 84 heavy (non-hydrogen) atoms. The van der Waals surface area contributed by atoms with Crippen LogP contribution < -0.4 is 24.7 Å². The predicted octanol–water partition coefficient (Wildman–Crippen LogP) is 17.9. The number of carboxylic acid groups (broad SMARTS) is 1. The van der Waals surface area contributed by atoms with Gasteiger partial charge in [0.1, 0.15) is 23.0 Å². The molecule has 11 nitrogen and oxygen atoms in total. The normalized spacial score (nSPS) is 11.4. The van der Waals surface area contributed by atoms with Crippen molar-refractivity contribution in [1.82, 2.24) is 19.9 Å². The molecule has 5 N–H and O–H groups in total. The van der Waals surface area contributed by atoms with E-state index >= 15 is 0 Å². The van der Waals surface area contributed by atoms with Crippen LogP contribution >= 0.6 is 0 Å². The number of unbranched alkanes of at least 4 members (excludes halogenated alkanes) is 12.